The molecule has 16 heavy (non-hydrogen) atoms. The second kappa shape index (κ2) is 6.74. The molecule has 1 aliphatic heterocycles. The normalized spacial score (nSPS) is 26.3. The Morgan fingerprint density at radius 3 is 2.62 bits per heavy atom. The maximum absolute atomic E-state index is 11.2. The van der Waals surface area contributed by atoms with Gasteiger partial charge in [-0.2, -0.15) is 0 Å². The van der Waals surface area contributed by atoms with Gasteiger partial charge in [0.1, 0.15) is 0 Å². The fraction of sp³-hybridized carbons (Fsp3) is 0.917. The SMILES string of the molecule is CCCCCC(O)C1NC(=O)NC1CCC. The van der Waals surface area contributed by atoms with Crippen LogP contribution in [0.15, 0.2) is 0 Å². The molecule has 2 amide bonds. The molecule has 1 heterocycles. The van der Waals surface area contributed by atoms with E-state index in [1.54, 1.807) is 0 Å². The predicted molar refractivity (Wildman–Crippen MR) is 64.3 cm³/mol. The highest BCUT2D eigenvalue weighted by Crippen LogP contribution is 2.16. The Morgan fingerprint density at radius 1 is 1.25 bits per heavy atom. The molecule has 0 saturated carbocycles. The van der Waals surface area contributed by atoms with Gasteiger partial charge in [-0.25, -0.2) is 4.79 Å². The van der Waals surface area contributed by atoms with Crippen LogP contribution in [0.4, 0.5) is 4.79 Å². The first kappa shape index (κ1) is 13.3. The number of hydrogen-bond acceptors (Lipinski definition) is 2. The summed E-state index contributed by atoms with van der Waals surface area (Å²) in [4.78, 5) is 11.2. The quantitative estimate of drug-likeness (QED) is 0.582. The minimum absolute atomic E-state index is 0.0918. The Labute approximate surface area is 97.8 Å². The average Bonchev–Trinajstić information content (AvgIpc) is 2.60. The van der Waals surface area contributed by atoms with Crippen LogP contribution in [-0.2, 0) is 0 Å². The lowest BCUT2D eigenvalue weighted by Crippen LogP contribution is -2.43. The Bertz CT molecular complexity index is 221. The number of aliphatic hydroxyl groups is 1. The maximum atomic E-state index is 11.2. The third-order valence-electron chi connectivity index (χ3n) is 3.17. The summed E-state index contributed by atoms with van der Waals surface area (Å²) in [7, 11) is 0. The molecule has 94 valence electrons. The minimum Gasteiger partial charge on any atom is -0.391 e. The van der Waals surface area contributed by atoms with Gasteiger partial charge in [-0.1, -0.05) is 39.5 Å². The van der Waals surface area contributed by atoms with E-state index in [1.807, 2.05) is 0 Å². The van der Waals surface area contributed by atoms with Crippen molar-refractivity contribution in [1.29, 1.82) is 0 Å². The van der Waals surface area contributed by atoms with Crippen molar-refractivity contribution >= 4 is 6.03 Å². The highest BCUT2D eigenvalue weighted by Gasteiger charge is 2.35. The zero-order chi connectivity index (χ0) is 12.0. The third-order valence-corrected chi connectivity index (χ3v) is 3.17. The van der Waals surface area contributed by atoms with Crippen molar-refractivity contribution in [3.63, 3.8) is 0 Å². The van der Waals surface area contributed by atoms with E-state index in [4.69, 9.17) is 0 Å². The molecule has 3 N–H and O–H groups in total. The van der Waals surface area contributed by atoms with Crippen LogP contribution in [0.1, 0.15) is 52.4 Å². The number of rotatable bonds is 7. The summed E-state index contributed by atoms with van der Waals surface area (Å²) in [6.07, 6.45) is 5.63. The van der Waals surface area contributed by atoms with E-state index in [2.05, 4.69) is 24.5 Å². The van der Waals surface area contributed by atoms with Gasteiger partial charge in [-0.15, -0.1) is 0 Å². The monoisotopic (exact) mass is 228 g/mol. The van der Waals surface area contributed by atoms with E-state index in [1.165, 1.54) is 0 Å². The standard InChI is InChI=1S/C12H24N2O2/c1-3-5-6-8-10(15)11-9(7-4-2)13-12(16)14-11/h9-11,15H,3-8H2,1-2H3,(H2,13,14,16). The van der Waals surface area contributed by atoms with Crippen molar-refractivity contribution in [2.24, 2.45) is 0 Å². The van der Waals surface area contributed by atoms with E-state index in [0.29, 0.717) is 0 Å². The molecule has 1 fully saturated rings. The van der Waals surface area contributed by atoms with Gasteiger partial charge in [0.25, 0.3) is 0 Å². The van der Waals surface area contributed by atoms with Crippen molar-refractivity contribution in [2.75, 3.05) is 0 Å². The molecule has 0 aromatic carbocycles. The van der Waals surface area contributed by atoms with Crippen LogP contribution in [-0.4, -0.2) is 29.3 Å². The van der Waals surface area contributed by atoms with Crippen molar-refractivity contribution < 1.29 is 9.90 Å². The number of hydrogen-bond donors (Lipinski definition) is 3. The van der Waals surface area contributed by atoms with Crippen LogP contribution in [0.2, 0.25) is 0 Å². The summed E-state index contributed by atoms with van der Waals surface area (Å²) in [5.41, 5.74) is 0. The zero-order valence-corrected chi connectivity index (χ0v) is 10.3. The molecule has 3 atom stereocenters. The van der Waals surface area contributed by atoms with E-state index >= 15 is 0 Å². The van der Waals surface area contributed by atoms with E-state index < -0.39 is 6.10 Å². The van der Waals surface area contributed by atoms with E-state index in [-0.39, 0.29) is 18.1 Å². The van der Waals surface area contributed by atoms with Crippen molar-refractivity contribution in [3.05, 3.63) is 0 Å². The first-order valence-corrected chi connectivity index (χ1v) is 6.44. The fourth-order valence-electron chi connectivity index (χ4n) is 2.26. The van der Waals surface area contributed by atoms with Gasteiger partial charge >= 0.3 is 6.03 Å². The number of unbranched alkanes of at least 4 members (excludes halogenated alkanes) is 2. The fourth-order valence-corrected chi connectivity index (χ4v) is 2.26. The lowest BCUT2D eigenvalue weighted by Gasteiger charge is -2.23. The van der Waals surface area contributed by atoms with Gasteiger partial charge < -0.3 is 15.7 Å². The first-order chi connectivity index (χ1) is 7.69. The van der Waals surface area contributed by atoms with Gasteiger partial charge in [0, 0.05) is 0 Å². The Morgan fingerprint density at radius 2 is 2.00 bits per heavy atom. The van der Waals surface area contributed by atoms with Gasteiger partial charge in [-0.05, 0) is 12.8 Å². The van der Waals surface area contributed by atoms with E-state index in [0.717, 1.165) is 38.5 Å². The number of carbonyl (C=O) groups is 1. The number of carbonyl (C=O) groups excluding carboxylic acids is 1. The lowest BCUT2D eigenvalue weighted by molar-refractivity contribution is 0.114. The van der Waals surface area contributed by atoms with Crippen LogP contribution in [0.5, 0.6) is 0 Å². The number of urea groups is 1. The molecule has 1 aliphatic rings. The first-order valence-electron chi connectivity index (χ1n) is 6.44. The van der Waals surface area contributed by atoms with Crippen molar-refractivity contribution in [3.8, 4) is 0 Å². The Balaban J connectivity index is 2.39. The summed E-state index contributed by atoms with van der Waals surface area (Å²) in [5, 5.41) is 15.7. The molecule has 0 aromatic heterocycles. The second-order valence-corrected chi connectivity index (χ2v) is 4.60. The molecular formula is C12H24N2O2. The third kappa shape index (κ3) is 3.67. The highest BCUT2D eigenvalue weighted by atomic mass is 16.3. The van der Waals surface area contributed by atoms with Gasteiger partial charge in [0.15, 0.2) is 0 Å². The largest absolute Gasteiger partial charge is 0.391 e. The summed E-state index contributed by atoms with van der Waals surface area (Å²) >= 11 is 0. The van der Waals surface area contributed by atoms with E-state index in [9.17, 15) is 9.90 Å². The number of aliphatic hydroxyl groups excluding tert-OH is 1. The summed E-state index contributed by atoms with van der Waals surface area (Å²) in [6.45, 7) is 4.23. The number of nitrogens with one attached hydrogen (secondary N) is 2. The Kier molecular flexibility index (Phi) is 5.60. The van der Waals surface area contributed by atoms with Crippen molar-refractivity contribution in [2.45, 2.75) is 70.6 Å². The molecule has 4 nitrogen and oxygen atoms in total. The summed E-state index contributed by atoms with van der Waals surface area (Å²) < 4.78 is 0. The smallest absolute Gasteiger partial charge is 0.315 e. The summed E-state index contributed by atoms with van der Waals surface area (Å²) in [6, 6.07) is -0.156. The van der Waals surface area contributed by atoms with Crippen LogP contribution in [0, 0.1) is 0 Å². The van der Waals surface area contributed by atoms with Gasteiger partial charge in [0.2, 0.25) is 0 Å². The maximum Gasteiger partial charge on any atom is 0.315 e. The molecule has 0 spiro atoms. The highest BCUT2D eigenvalue weighted by molar-refractivity contribution is 5.77. The van der Waals surface area contributed by atoms with Crippen LogP contribution >= 0.6 is 0 Å². The molecule has 0 aliphatic carbocycles. The topological polar surface area (TPSA) is 61.4 Å². The van der Waals surface area contributed by atoms with Gasteiger partial charge in [-0.3, -0.25) is 0 Å². The lowest BCUT2D eigenvalue weighted by atomic mass is 9.96. The molecule has 0 aromatic rings. The molecule has 1 saturated heterocycles. The molecule has 3 unspecified atom stereocenters. The van der Waals surface area contributed by atoms with Crippen LogP contribution in [0.3, 0.4) is 0 Å². The molecule has 0 bridgehead atoms. The Hall–Kier alpha value is -0.770. The van der Waals surface area contributed by atoms with Crippen LogP contribution < -0.4 is 10.6 Å². The van der Waals surface area contributed by atoms with Crippen LogP contribution in [0.25, 0.3) is 0 Å². The molecule has 4 heteroatoms. The number of amides is 2. The van der Waals surface area contributed by atoms with Gasteiger partial charge in [0.05, 0.1) is 18.2 Å². The average molecular weight is 228 g/mol. The predicted octanol–water partition coefficient (Wildman–Crippen LogP) is 1.78. The minimum atomic E-state index is -0.415. The molecule has 0 radical (unpaired) electrons. The second-order valence-electron chi connectivity index (χ2n) is 4.60. The van der Waals surface area contributed by atoms with Crippen molar-refractivity contribution in [1.82, 2.24) is 10.6 Å². The molecule has 1 rings (SSSR count). The molecular weight excluding hydrogens is 204 g/mol. The zero-order valence-electron chi connectivity index (χ0n) is 10.3. The summed E-state index contributed by atoms with van der Waals surface area (Å²) in [5.74, 6) is 0.